The van der Waals surface area contributed by atoms with Crippen molar-refractivity contribution in [1.82, 2.24) is 25.3 Å². The molecule has 5 fully saturated rings. The zero-order valence-electron chi connectivity index (χ0n) is 20.3. The van der Waals surface area contributed by atoms with Crippen LogP contribution in [-0.2, 0) is 4.79 Å². The smallest absolute Gasteiger partial charge is 0.273 e. The van der Waals surface area contributed by atoms with Crippen LogP contribution in [0.1, 0.15) is 65.8 Å². The molecule has 4 heterocycles. The summed E-state index contributed by atoms with van der Waals surface area (Å²) in [5, 5.41) is 21.3. The van der Waals surface area contributed by atoms with Crippen LogP contribution < -0.4 is 10.2 Å². The monoisotopic (exact) mass is 513 g/mol. The highest BCUT2D eigenvalue weighted by Crippen LogP contribution is 2.86. The van der Waals surface area contributed by atoms with Gasteiger partial charge < -0.3 is 10.2 Å². The molecule has 2 bridgehead atoms. The van der Waals surface area contributed by atoms with E-state index in [1.807, 2.05) is 24.0 Å². The maximum Gasteiger partial charge on any atom is 0.273 e. The summed E-state index contributed by atoms with van der Waals surface area (Å²) in [5.41, 5.74) is 3.69. The molecule has 2 saturated heterocycles. The second kappa shape index (κ2) is 7.62. The third-order valence-electron chi connectivity index (χ3n) is 8.98. The summed E-state index contributed by atoms with van der Waals surface area (Å²) in [6.45, 7) is 4.15. The van der Waals surface area contributed by atoms with Gasteiger partial charge in [0, 0.05) is 34.6 Å². The maximum absolute atomic E-state index is 12.8. The Morgan fingerprint density at radius 3 is 2.78 bits per heavy atom. The zero-order valence-corrected chi connectivity index (χ0v) is 21.1. The van der Waals surface area contributed by atoms with E-state index >= 15 is 0 Å². The Morgan fingerprint density at radius 1 is 1.30 bits per heavy atom. The summed E-state index contributed by atoms with van der Waals surface area (Å²) in [5.74, 6) is 0.828. The lowest BCUT2D eigenvalue weighted by molar-refractivity contribution is -0.118. The number of halogens is 1. The molecule has 186 valence electrons. The maximum atomic E-state index is 12.8. The lowest BCUT2D eigenvalue weighted by atomic mass is 9.74. The molecule has 1 unspecified atom stereocenters. The van der Waals surface area contributed by atoms with E-state index in [4.69, 9.17) is 11.6 Å². The van der Waals surface area contributed by atoms with Crippen molar-refractivity contribution in [2.75, 3.05) is 4.90 Å². The number of nitrogens with zero attached hydrogens (tertiary/aromatic N) is 6. The Bertz CT molecular complexity index is 1520. The summed E-state index contributed by atoms with van der Waals surface area (Å²) in [7, 11) is 0. The summed E-state index contributed by atoms with van der Waals surface area (Å²) in [6, 6.07) is 9.60. The van der Waals surface area contributed by atoms with E-state index in [1.165, 1.54) is 0 Å². The van der Waals surface area contributed by atoms with Crippen LogP contribution >= 0.6 is 11.6 Å². The molecule has 2 amide bonds. The van der Waals surface area contributed by atoms with Gasteiger partial charge in [0.25, 0.3) is 5.91 Å². The lowest BCUT2D eigenvalue weighted by Gasteiger charge is -2.36. The summed E-state index contributed by atoms with van der Waals surface area (Å²) >= 11 is 6.12. The van der Waals surface area contributed by atoms with Crippen LogP contribution in [-0.4, -0.2) is 43.9 Å². The number of benzene rings is 1. The van der Waals surface area contributed by atoms with Gasteiger partial charge in [-0.3, -0.25) is 14.6 Å². The average molecular weight is 514 g/mol. The molecule has 3 saturated carbocycles. The minimum Gasteiger partial charge on any atom is -0.348 e. The first-order valence-corrected chi connectivity index (χ1v) is 12.9. The van der Waals surface area contributed by atoms with Gasteiger partial charge in [-0.2, -0.15) is 5.26 Å². The van der Waals surface area contributed by atoms with Gasteiger partial charge in [0.15, 0.2) is 5.69 Å². The van der Waals surface area contributed by atoms with E-state index in [0.717, 1.165) is 29.7 Å². The fourth-order valence-electron chi connectivity index (χ4n) is 6.54. The normalized spacial score (nSPS) is 31.2. The first kappa shape index (κ1) is 22.4. The molecule has 9 nitrogen and oxygen atoms in total. The highest BCUT2D eigenvalue weighted by atomic mass is 35.5. The number of nitriles is 1. The predicted octanol–water partition coefficient (Wildman–Crippen LogP) is 3.46. The summed E-state index contributed by atoms with van der Waals surface area (Å²) in [4.78, 5) is 31.8. The SMILES string of the molecule is C[C@H](c1cncc(N2C(=O)[C@H]3[C@H]4C2[C@]43C)c1)n1cc(C(=O)N[C@H]2C[C@@H](c3cc(Cl)ccc3C#N)C2)nn1. The minimum atomic E-state index is -0.279. The van der Waals surface area contributed by atoms with E-state index < -0.39 is 0 Å². The molecule has 37 heavy (non-hydrogen) atoms. The van der Waals surface area contributed by atoms with Crippen LogP contribution in [0.2, 0.25) is 5.02 Å². The molecule has 3 aromatic rings. The van der Waals surface area contributed by atoms with E-state index in [-0.39, 0.29) is 46.8 Å². The molecule has 0 spiro atoms. The van der Waals surface area contributed by atoms with Crippen molar-refractivity contribution in [3.8, 4) is 6.07 Å². The molecular weight excluding hydrogens is 490 g/mol. The lowest BCUT2D eigenvalue weighted by Crippen LogP contribution is -2.43. The topological polar surface area (TPSA) is 117 Å². The first-order chi connectivity index (χ1) is 17.8. The number of carbonyl (C=O) groups excluding carboxylic acids is 2. The first-order valence-electron chi connectivity index (χ1n) is 12.5. The number of nitrogens with one attached hydrogen (secondary N) is 1. The van der Waals surface area contributed by atoms with Crippen molar-refractivity contribution >= 4 is 29.1 Å². The molecular formula is C27H24ClN7O2. The van der Waals surface area contributed by atoms with E-state index in [0.29, 0.717) is 22.5 Å². The number of hydrogen-bond donors (Lipinski definition) is 1. The third-order valence-corrected chi connectivity index (χ3v) is 9.22. The van der Waals surface area contributed by atoms with E-state index in [2.05, 4.69) is 33.6 Å². The average Bonchev–Trinajstić information content (AvgIpc) is 3.37. The standard InChI is InChI=1S/C27H24ClN7O2/c1-13(16-7-19(11-30-10-16)35-24-22-23(26(35)37)27(22,24)2)34-12-21(32-33-34)25(36)31-18-5-15(6-18)20-8-17(28)4-3-14(20)9-29/h3-4,7-8,10-13,15,18,22-24H,5-6H2,1-2H3,(H,31,36)/t13-,15-,18+,22+,23-,24?,27-/m1/s1. The summed E-state index contributed by atoms with van der Waals surface area (Å²) in [6.07, 6.45) is 6.61. The number of pyridine rings is 1. The van der Waals surface area contributed by atoms with Crippen molar-refractivity contribution in [3.63, 3.8) is 0 Å². The molecule has 2 aliphatic heterocycles. The Labute approximate surface area is 218 Å². The molecule has 2 aromatic heterocycles. The molecule has 1 N–H and O–H groups in total. The van der Waals surface area contributed by atoms with Crippen molar-refractivity contribution in [3.05, 3.63) is 70.3 Å². The molecule has 3 aliphatic carbocycles. The van der Waals surface area contributed by atoms with Crippen LogP contribution in [0.4, 0.5) is 5.69 Å². The quantitative estimate of drug-likeness (QED) is 0.539. The van der Waals surface area contributed by atoms with Crippen LogP contribution in [0, 0.1) is 28.6 Å². The number of amides is 2. The van der Waals surface area contributed by atoms with Gasteiger partial charge in [-0.15, -0.1) is 5.10 Å². The number of aromatic nitrogens is 4. The highest BCUT2D eigenvalue weighted by molar-refractivity contribution is 6.30. The summed E-state index contributed by atoms with van der Waals surface area (Å²) < 4.78 is 1.64. The van der Waals surface area contributed by atoms with Gasteiger partial charge in [-0.25, -0.2) is 4.68 Å². The largest absolute Gasteiger partial charge is 0.348 e. The van der Waals surface area contributed by atoms with Crippen molar-refractivity contribution < 1.29 is 9.59 Å². The van der Waals surface area contributed by atoms with Gasteiger partial charge in [-0.1, -0.05) is 23.7 Å². The van der Waals surface area contributed by atoms with Crippen LogP contribution in [0.5, 0.6) is 0 Å². The number of rotatable bonds is 6. The minimum absolute atomic E-state index is 0.000262. The highest BCUT2D eigenvalue weighted by Gasteiger charge is 2.93. The van der Waals surface area contributed by atoms with Crippen molar-refractivity contribution in [2.45, 2.75) is 50.7 Å². The van der Waals surface area contributed by atoms with Gasteiger partial charge >= 0.3 is 0 Å². The fraction of sp³-hybridized carbons (Fsp3) is 0.407. The van der Waals surface area contributed by atoms with Gasteiger partial charge in [0.1, 0.15) is 0 Å². The van der Waals surface area contributed by atoms with Crippen molar-refractivity contribution in [2.24, 2.45) is 17.3 Å². The van der Waals surface area contributed by atoms with Crippen LogP contribution in [0.15, 0.2) is 42.9 Å². The second-order valence-corrected chi connectivity index (χ2v) is 11.4. The number of hydrogen-bond acceptors (Lipinski definition) is 6. The van der Waals surface area contributed by atoms with Gasteiger partial charge in [0.05, 0.1) is 41.7 Å². The Balaban J connectivity index is 1.000. The fourth-order valence-corrected chi connectivity index (χ4v) is 6.72. The molecule has 0 radical (unpaired) electrons. The van der Waals surface area contributed by atoms with Crippen molar-refractivity contribution in [1.29, 1.82) is 5.26 Å². The van der Waals surface area contributed by atoms with Crippen LogP contribution in [0.3, 0.4) is 0 Å². The molecule has 5 aliphatic rings. The van der Waals surface area contributed by atoms with E-state index in [9.17, 15) is 14.9 Å². The molecule has 10 heteroatoms. The predicted molar refractivity (Wildman–Crippen MR) is 134 cm³/mol. The van der Waals surface area contributed by atoms with Crippen LogP contribution in [0.25, 0.3) is 0 Å². The number of fused-ring (bicyclic) bond motifs is 1. The Kier molecular flexibility index (Phi) is 4.62. The van der Waals surface area contributed by atoms with E-state index in [1.54, 1.807) is 35.4 Å². The zero-order chi connectivity index (χ0) is 25.6. The molecule has 1 aromatic carbocycles. The van der Waals surface area contributed by atoms with Gasteiger partial charge in [-0.05, 0) is 61.1 Å². The number of carbonyl (C=O) groups is 2. The molecule has 5 atom stereocenters. The Morgan fingerprint density at radius 2 is 2.08 bits per heavy atom. The Hall–Kier alpha value is -3.77. The van der Waals surface area contributed by atoms with Gasteiger partial charge in [0.2, 0.25) is 5.91 Å². The second-order valence-electron chi connectivity index (χ2n) is 10.9. The molecule has 8 rings (SSSR count). The third kappa shape index (κ3) is 3.18. The number of piperidine rings is 1. The number of anilines is 1.